The van der Waals surface area contributed by atoms with Gasteiger partial charge in [0.15, 0.2) is 0 Å². The van der Waals surface area contributed by atoms with Crippen LogP contribution in [-0.4, -0.2) is 41.7 Å². The summed E-state index contributed by atoms with van der Waals surface area (Å²) >= 11 is 0.940. The maximum atomic E-state index is 11.6. The van der Waals surface area contributed by atoms with Crippen LogP contribution < -0.4 is 5.32 Å². The maximum Gasteiger partial charge on any atom is 0.365 e. The van der Waals surface area contributed by atoms with Crippen LogP contribution in [0.5, 0.6) is 0 Å². The Morgan fingerprint density at radius 1 is 1.50 bits per heavy atom. The Balaban J connectivity index is 2.25. The molecule has 1 heterocycles. The predicted octanol–water partition coefficient (Wildman–Crippen LogP) is 1.39. The van der Waals surface area contributed by atoms with Gasteiger partial charge in [-0.3, -0.25) is 4.79 Å². The fraction of sp³-hybridized carbons (Fsp3) is 0.545. The first-order chi connectivity index (χ1) is 8.65. The maximum absolute atomic E-state index is 11.6. The van der Waals surface area contributed by atoms with Crippen LogP contribution in [0, 0.1) is 0 Å². The van der Waals surface area contributed by atoms with E-state index in [2.05, 4.69) is 10.3 Å². The monoisotopic (exact) mass is 272 g/mol. The molecule has 0 unspecified atom stereocenters. The fourth-order valence-corrected chi connectivity index (χ4v) is 1.82. The fourth-order valence-electron chi connectivity index (χ4n) is 1.19. The number of nitrogens with zero attached hydrogens (tertiary/aromatic N) is 1. The third kappa shape index (κ3) is 4.80. The quantitative estimate of drug-likeness (QED) is 0.698. The molecule has 0 bridgehead atoms. The number of thiazole rings is 1. The molecule has 0 radical (unpaired) electrons. The molecule has 0 aromatic carbocycles. The van der Waals surface area contributed by atoms with Crippen molar-refractivity contribution in [2.75, 3.05) is 19.8 Å². The summed E-state index contributed by atoms with van der Waals surface area (Å²) < 4.78 is 5.26. The molecule has 1 aromatic rings. The number of ether oxygens (including phenoxy) is 1. The van der Waals surface area contributed by atoms with Crippen molar-refractivity contribution in [3.63, 3.8) is 0 Å². The molecule has 0 saturated heterocycles. The SMILES string of the molecule is CCCOCCCNC(=O)c1csc(C(=O)O)n1. The number of carboxylic acid groups (broad SMARTS) is 1. The first-order valence-corrected chi connectivity index (χ1v) is 6.58. The molecule has 0 spiro atoms. The van der Waals surface area contributed by atoms with Crippen molar-refractivity contribution in [1.29, 1.82) is 0 Å². The number of rotatable bonds is 8. The van der Waals surface area contributed by atoms with Gasteiger partial charge in [0.2, 0.25) is 5.01 Å². The smallest absolute Gasteiger partial charge is 0.365 e. The largest absolute Gasteiger partial charge is 0.476 e. The topological polar surface area (TPSA) is 88.5 Å². The predicted molar refractivity (Wildman–Crippen MR) is 67.1 cm³/mol. The first kappa shape index (κ1) is 14.6. The molecular formula is C11H16N2O4S. The van der Waals surface area contributed by atoms with E-state index in [4.69, 9.17) is 9.84 Å². The number of amides is 1. The molecular weight excluding hydrogens is 256 g/mol. The number of hydrogen-bond donors (Lipinski definition) is 2. The highest BCUT2D eigenvalue weighted by Gasteiger charge is 2.13. The van der Waals surface area contributed by atoms with Gasteiger partial charge < -0.3 is 15.2 Å². The van der Waals surface area contributed by atoms with Crippen molar-refractivity contribution in [2.45, 2.75) is 19.8 Å². The van der Waals surface area contributed by atoms with Crippen LogP contribution in [-0.2, 0) is 4.74 Å². The second kappa shape index (κ2) is 7.78. The molecule has 1 aromatic heterocycles. The van der Waals surface area contributed by atoms with Crippen molar-refractivity contribution < 1.29 is 19.4 Å². The van der Waals surface area contributed by atoms with Gasteiger partial charge in [-0.1, -0.05) is 6.92 Å². The minimum Gasteiger partial charge on any atom is -0.476 e. The van der Waals surface area contributed by atoms with Crippen LogP contribution in [0.15, 0.2) is 5.38 Å². The summed E-state index contributed by atoms with van der Waals surface area (Å²) in [5.41, 5.74) is 0.145. The van der Waals surface area contributed by atoms with Crippen LogP contribution >= 0.6 is 11.3 Å². The second-order valence-electron chi connectivity index (χ2n) is 3.56. The van der Waals surface area contributed by atoms with Crippen LogP contribution in [0.2, 0.25) is 0 Å². The van der Waals surface area contributed by atoms with Crippen molar-refractivity contribution in [3.8, 4) is 0 Å². The average Bonchev–Trinajstić information content (AvgIpc) is 2.83. The van der Waals surface area contributed by atoms with E-state index >= 15 is 0 Å². The van der Waals surface area contributed by atoms with Crippen molar-refractivity contribution in [1.82, 2.24) is 10.3 Å². The molecule has 7 heteroatoms. The number of aromatic carboxylic acids is 1. The van der Waals surface area contributed by atoms with Gasteiger partial charge in [-0.2, -0.15) is 0 Å². The van der Waals surface area contributed by atoms with Gasteiger partial charge in [-0.25, -0.2) is 9.78 Å². The van der Waals surface area contributed by atoms with E-state index in [-0.39, 0.29) is 16.6 Å². The summed E-state index contributed by atoms with van der Waals surface area (Å²) in [6.45, 7) is 3.85. The molecule has 0 fully saturated rings. The number of hydrogen-bond acceptors (Lipinski definition) is 5. The molecule has 1 rings (SSSR count). The highest BCUT2D eigenvalue weighted by Crippen LogP contribution is 2.09. The van der Waals surface area contributed by atoms with E-state index in [1.54, 1.807) is 0 Å². The normalized spacial score (nSPS) is 10.3. The van der Waals surface area contributed by atoms with Gasteiger partial charge in [-0.05, 0) is 12.8 Å². The summed E-state index contributed by atoms with van der Waals surface area (Å²) in [5.74, 6) is -1.47. The van der Waals surface area contributed by atoms with Gasteiger partial charge in [-0.15, -0.1) is 11.3 Å². The van der Waals surface area contributed by atoms with Crippen molar-refractivity contribution in [3.05, 3.63) is 16.1 Å². The summed E-state index contributed by atoms with van der Waals surface area (Å²) in [6.07, 6.45) is 1.70. The van der Waals surface area contributed by atoms with Crippen LogP contribution in [0.4, 0.5) is 0 Å². The van der Waals surface area contributed by atoms with Crippen molar-refractivity contribution in [2.24, 2.45) is 0 Å². The number of carboxylic acids is 1. The summed E-state index contributed by atoms with van der Waals surface area (Å²) in [6, 6.07) is 0. The van der Waals surface area contributed by atoms with Gasteiger partial charge in [0, 0.05) is 25.1 Å². The first-order valence-electron chi connectivity index (χ1n) is 5.70. The molecule has 2 N–H and O–H groups in total. The Bertz CT molecular complexity index is 406. The third-order valence-corrected chi connectivity index (χ3v) is 2.85. The van der Waals surface area contributed by atoms with Crippen LogP contribution in [0.1, 0.15) is 40.1 Å². The molecule has 0 saturated carbocycles. The average molecular weight is 272 g/mol. The molecule has 0 aliphatic heterocycles. The molecule has 18 heavy (non-hydrogen) atoms. The minimum absolute atomic E-state index is 0.0774. The summed E-state index contributed by atoms with van der Waals surface area (Å²) in [7, 11) is 0. The molecule has 6 nitrogen and oxygen atoms in total. The molecule has 0 aliphatic rings. The molecule has 1 amide bonds. The standard InChI is InChI=1S/C11H16N2O4S/c1-2-5-17-6-3-4-12-9(14)8-7-18-10(13-8)11(15)16/h7H,2-6H2,1H3,(H,12,14)(H,15,16). The Kier molecular flexibility index (Phi) is 6.31. The zero-order valence-electron chi connectivity index (χ0n) is 10.1. The van der Waals surface area contributed by atoms with E-state index in [1.807, 2.05) is 6.92 Å². The Morgan fingerprint density at radius 2 is 2.28 bits per heavy atom. The van der Waals surface area contributed by atoms with Gasteiger partial charge in [0.05, 0.1) is 0 Å². The van der Waals surface area contributed by atoms with Gasteiger partial charge in [0.25, 0.3) is 5.91 Å². The number of nitrogens with one attached hydrogen (secondary N) is 1. The highest BCUT2D eigenvalue weighted by atomic mass is 32.1. The number of aromatic nitrogens is 1. The van der Waals surface area contributed by atoms with E-state index in [9.17, 15) is 9.59 Å². The van der Waals surface area contributed by atoms with Crippen molar-refractivity contribution >= 4 is 23.2 Å². The Hall–Kier alpha value is -1.47. The third-order valence-electron chi connectivity index (χ3n) is 2.02. The second-order valence-corrected chi connectivity index (χ2v) is 4.42. The lowest BCUT2D eigenvalue weighted by Crippen LogP contribution is -2.25. The van der Waals surface area contributed by atoms with Gasteiger partial charge >= 0.3 is 5.97 Å². The lowest BCUT2D eigenvalue weighted by atomic mass is 10.4. The van der Waals surface area contributed by atoms with E-state index < -0.39 is 5.97 Å². The van der Waals surface area contributed by atoms with Gasteiger partial charge in [0.1, 0.15) is 5.69 Å². The zero-order valence-corrected chi connectivity index (χ0v) is 11.0. The molecule has 100 valence electrons. The lowest BCUT2D eigenvalue weighted by molar-refractivity contribution is 0.0696. The Labute approximate surface area is 109 Å². The molecule has 0 aliphatic carbocycles. The Morgan fingerprint density at radius 3 is 2.89 bits per heavy atom. The lowest BCUT2D eigenvalue weighted by Gasteiger charge is -2.03. The van der Waals surface area contributed by atoms with E-state index in [1.165, 1.54) is 5.38 Å². The number of carbonyl (C=O) groups is 2. The zero-order chi connectivity index (χ0) is 13.4. The number of carbonyl (C=O) groups excluding carboxylic acids is 1. The van der Waals surface area contributed by atoms with E-state index in [0.717, 1.165) is 30.8 Å². The summed E-state index contributed by atoms with van der Waals surface area (Å²) in [5, 5.41) is 12.7. The van der Waals surface area contributed by atoms with E-state index in [0.29, 0.717) is 13.2 Å². The molecule has 0 atom stereocenters. The highest BCUT2D eigenvalue weighted by molar-refractivity contribution is 7.11. The minimum atomic E-state index is -1.12. The van der Waals surface area contributed by atoms with Crippen LogP contribution in [0.25, 0.3) is 0 Å². The summed E-state index contributed by atoms with van der Waals surface area (Å²) in [4.78, 5) is 25.9. The van der Waals surface area contributed by atoms with Crippen LogP contribution in [0.3, 0.4) is 0 Å².